The van der Waals surface area contributed by atoms with Gasteiger partial charge >= 0.3 is 0 Å². The van der Waals surface area contributed by atoms with Gasteiger partial charge in [0.2, 0.25) is 5.91 Å². The molecule has 1 aromatic carbocycles. The third-order valence-corrected chi connectivity index (χ3v) is 4.58. The molecule has 0 radical (unpaired) electrons. The Morgan fingerprint density at radius 1 is 1.14 bits per heavy atom. The van der Waals surface area contributed by atoms with Gasteiger partial charge in [-0.05, 0) is 37.1 Å². The van der Waals surface area contributed by atoms with Crippen molar-refractivity contribution in [3.63, 3.8) is 0 Å². The number of Topliss-reactive ketones (excluding diaryl/α,β-unsaturated/α-hetero) is 1. The SMILES string of the molecule is CCC(=O)NC(C)c1ccc(-c2ccc(C(C)=O)s2)cc1. The molecule has 0 saturated heterocycles. The van der Waals surface area contributed by atoms with E-state index < -0.39 is 0 Å². The molecular formula is C17H19NO2S. The van der Waals surface area contributed by atoms with Crippen molar-refractivity contribution in [1.29, 1.82) is 0 Å². The summed E-state index contributed by atoms with van der Waals surface area (Å²) in [4.78, 5) is 24.6. The third-order valence-electron chi connectivity index (χ3n) is 3.35. The first-order chi connectivity index (χ1) is 10.0. The second kappa shape index (κ2) is 6.68. The van der Waals surface area contributed by atoms with Crippen LogP contribution >= 0.6 is 11.3 Å². The molecule has 0 aliphatic heterocycles. The summed E-state index contributed by atoms with van der Waals surface area (Å²) in [7, 11) is 0. The van der Waals surface area contributed by atoms with Gasteiger partial charge in [-0.25, -0.2) is 0 Å². The standard InChI is InChI=1S/C17H19NO2S/c1-4-17(20)18-11(2)13-5-7-14(8-6-13)16-10-9-15(21-16)12(3)19/h5-11H,4H2,1-3H3,(H,18,20). The zero-order valence-corrected chi connectivity index (χ0v) is 13.3. The van der Waals surface area contributed by atoms with Crippen LogP contribution in [-0.2, 0) is 4.79 Å². The summed E-state index contributed by atoms with van der Waals surface area (Å²) in [6.07, 6.45) is 0.492. The lowest BCUT2D eigenvalue weighted by Crippen LogP contribution is -2.25. The maximum absolute atomic E-state index is 11.4. The average Bonchev–Trinajstić information content (AvgIpc) is 2.97. The first-order valence-corrected chi connectivity index (χ1v) is 7.83. The van der Waals surface area contributed by atoms with E-state index in [4.69, 9.17) is 0 Å². The van der Waals surface area contributed by atoms with Gasteiger partial charge in [0.25, 0.3) is 0 Å². The number of carbonyl (C=O) groups is 2. The molecule has 0 spiro atoms. The monoisotopic (exact) mass is 301 g/mol. The van der Waals surface area contributed by atoms with Gasteiger partial charge in [0.15, 0.2) is 5.78 Å². The fourth-order valence-corrected chi connectivity index (χ4v) is 2.95. The van der Waals surface area contributed by atoms with Gasteiger partial charge in [-0.15, -0.1) is 11.3 Å². The highest BCUT2D eigenvalue weighted by molar-refractivity contribution is 7.17. The minimum absolute atomic E-state index is 0.00242. The van der Waals surface area contributed by atoms with Gasteiger partial charge in [0, 0.05) is 11.3 Å². The van der Waals surface area contributed by atoms with Crippen LogP contribution in [0.4, 0.5) is 0 Å². The fourth-order valence-electron chi connectivity index (χ4n) is 2.05. The van der Waals surface area contributed by atoms with E-state index in [1.807, 2.05) is 50.2 Å². The molecule has 0 fully saturated rings. The lowest BCUT2D eigenvalue weighted by atomic mass is 10.1. The van der Waals surface area contributed by atoms with E-state index in [9.17, 15) is 9.59 Å². The molecule has 2 aromatic rings. The maximum atomic E-state index is 11.4. The fraction of sp³-hybridized carbons (Fsp3) is 0.294. The van der Waals surface area contributed by atoms with E-state index in [0.717, 1.165) is 20.9 Å². The molecular weight excluding hydrogens is 282 g/mol. The Kier molecular flexibility index (Phi) is 4.91. The molecule has 0 aliphatic rings. The normalized spacial score (nSPS) is 12.0. The number of hydrogen-bond donors (Lipinski definition) is 1. The Morgan fingerprint density at radius 3 is 2.33 bits per heavy atom. The topological polar surface area (TPSA) is 46.2 Å². The first kappa shape index (κ1) is 15.4. The van der Waals surface area contributed by atoms with Gasteiger partial charge in [-0.3, -0.25) is 9.59 Å². The van der Waals surface area contributed by atoms with Crippen LogP contribution in [0.3, 0.4) is 0 Å². The first-order valence-electron chi connectivity index (χ1n) is 7.01. The van der Waals surface area contributed by atoms with Crippen molar-refractivity contribution in [2.45, 2.75) is 33.2 Å². The molecule has 0 aliphatic carbocycles. The molecule has 1 amide bonds. The van der Waals surface area contributed by atoms with E-state index in [-0.39, 0.29) is 17.7 Å². The maximum Gasteiger partial charge on any atom is 0.220 e. The lowest BCUT2D eigenvalue weighted by molar-refractivity contribution is -0.121. The molecule has 1 aromatic heterocycles. The van der Waals surface area contributed by atoms with Crippen LogP contribution in [0.1, 0.15) is 48.5 Å². The molecule has 0 bridgehead atoms. The molecule has 2 rings (SSSR count). The van der Waals surface area contributed by atoms with Crippen molar-refractivity contribution in [2.24, 2.45) is 0 Å². The highest BCUT2D eigenvalue weighted by Crippen LogP contribution is 2.29. The third kappa shape index (κ3) is 3.79. The van der Waals surface area contributed by atoms with Crippen LogP contribution in [0.25, 0.3) is 10.4 Å². The molecule has 110 valence electrons. The summed E-state index contributed by atoms with van der Waals surface area (Å²) >= 11 is 1.50. The summed E-state index contributed by atoms with van der Waals surface area (Å²) in [5, 5.41) is 2.94. The molecule has 21 heavy (non-hydrogen) atoms. The number of benzene rings is 1. The Balaban J connectivity index is 2.14. The number of ketones is 1. The second-order valence-corrected chi connectivity index (χ2v) is 6.07. The van der Waals surface area contributed by atoms with Crippen LogP contribution in [0, 0.1) is 0 Å². The molecule has 1 heterocycles. The Hall–Kier alpha value is -1.94. The number of rotatable bonds is 5. The molecule has 1 unspecified atom stereocenters. The zero-order valence-electron chi connectivity index (χ0n) is 12.5. The number of thiophene rings is 1. The highest BCUT2D eigenvalue weighted by atomic mass is 32.1. The number of nitrogens with one attached hydrogen (secondary N) is 1. The Labute approximate surface area is 129 Å². The molecule has 3 nitrogen and oxygen atoms in total. The zero-order chi connectivity index (χ0) is 15.4. The van der Waals surface area contributed by atoms with Gasteiger partial charge in [0.1, 0.15) is 0 Å². The minimum atomic E-state index is 0.00242. The van der Waals surface area contributed by atoms with Crippen molar-refractivity contribution < 1.29 is 9.59 Å². The number of amides is 1. The summed E-state index contributed by atoms with van der Waals surface area (Å²) < 4.78 is 0. The Bertz CT molecular complexity index is 643. The van der Waals surface area contributed by atoms with Gasteiger partial charge < -0.3 is 5.32 Å². The van der Waals surface area contributed by atoms with E-state index in [2.05, 4.69) is 5.32 Å². The van der Waals surface area contributed by atoms with E-state index >= 15 is 0 Å². The predicted octanol–water partition coefficient (Wildman–Crippen LogP) is 4.20. The minimum Gasteiger partial charge on any atom is -0.350 e. The van der Waals surface area contributed by atoms with Gasteiger partial charge in [-0.1, -0.05) is 31.2 Å². The summed E-state index contributed by atoms with van der Waals surface area (Å²) in [5.41, 5.74) is 2.16. The van der Waals surface area contributed by atoms with Crippen molar-refractivity contribution in [3.05, 3.63) is 46.8 Å². The molecule has 0 saturated carbocycles. The van der Waals surface area contributed by atoms with E-state index in [1.54, 1.807) is 6.92 Å². The highest BCUT2D eigenvalue weighted by Gasteiger charge is 2.09. The van der Waals surface area contributed by atoms with Crippen LogP contribution in [0.15, 0.2) is 36.4 Å². The number of carbonyl (C=O) groups excluding carboxylic acids is 2. The Morgan fingerprint density at radius 2 is 1.81 bits per heavy atom. The van der Waals surface area contributed by atoms with Crippen molar-refractivity contribution in [3.8, 4) is 10.4 Å². The van der Waals surface area contributed by atoms with Gasteiger partial charge in [0.05, 0.1) is 10.9 Å². The smallest absolute Gasteiger partial charge is 0.220 e. The predicted molar refractivity (Wildman–Crippen MR) is 86.6 cm³/mol. The van der Waals surface area contributed by atoms with Crippen LogP contribution < -0.4 is 5.32 Å². The quantitative estimate of drug-likeness (QED) is 0.841. The molecule has 1 atom stereocenters. The summed E-state index contributed by atoms with van der Waals surface area (Å²) in [5.74, 6) is 0.148. The molecule has 1 N–H and O–H groups in total. The van der Waals surface area contributed by atoms with Crippen molar-refractivity contribution in [2.75, 3.05) is 0 Å². The van der Waals surface area contributed by atoms with E-state index in [1.165, 1.54) is 11.3 Å². The largest absolute Gasteiger partial charge is 0.350 e. The van der Waals surface area contributed by atoms with Gasteiger partial charge in [-0.2, -0.15) is 0 Å². The average molecular weight is 301 g/mol. The van der Waals surface area contributed by atoms with Crippen LogP contribution in [0.2, 0.25) is 0 Å². The summed E-state index contributed by atoms with van der Waals surface area (Å²) in [6.45, 7) is 5.40. The van der Waals surface area contributed by atoms with Crippen molar-refractivity contribution >= 4 is 23.0 Å². The number of hydrogen-bond acceptors (Lipinski definition) is 3. The van der Waals surface area contributed by atoms with Crippen molar-refractivity contribution in [1.82, 2.24) is 5.32 Å². The second-order valence-electron chi connectivity index (χ2n) is 4.98. The summed E-state index contributed by atoms with van der Waals surface area (Å²) in [6, 6.07) is 11.9. The molecule has 4 heteroatoms. The lowest BCUT2D eigenvalue weighted by Gasteiger charge is -2.14. The van der Waals surface area contributed by atoms with Crippen LogP contribution in [-0.4, -0.2) is 11.7 Å². The van der Waals surface area contributed by atoms with Crippen LogP contribution in [0.5, 0.6) is 0 Å². The van der Waals surface area contributed by atoms with E-state index in [0.29, 0.717) is 6.42 Å².